The standard InChI is InChI=1S/C24H20N2O3S/c1-16-10-11-19(17(2)13-16)22(27)15-29-24(28)21-14-20(23-9-6-12-30-23)25-26(21)18-7-4-3-5-8-18/h3-14H,15H2,1-2H3. The number of nitrogens with zero attached hydrogens (tertiary/aromatic N) is 2. The van der Waals surface area contributed by atoms with Crippen molar-refractivity contribution in [2.24, 2.45) is 0 Å². The third-order valence-electron chi connectivity index (χ3n) is 4.71. The first-order valence-electron chi connectivity index (χ1n) is 9.50. The molecule has 0 atom stereocenters. The lowest BCUT2D eigenvalue weighted by molar-refractivity contribution is 0.0465. The molecule has 0 spiro atoms. The van der Waals surface area contributed by atoms with E-state index in [4.69, 9.17) is 4.74 Å². The van der Waals surface area contributed by atoms with Crippen LogP contribution < -0.4 is 0 Å². The predicted molar refractivity (Wildman–Crippen MR) is 117 cm³/mol. The van der Waals surface area contributed by atoms with E-state index in [0.717, 1.165) is 21.7 Å². The second kappa shape index (κ2) is 8.47. The second-order valence-corrected chi connectivity index (χ2v) is 7.90. The topological polar surface area (TPSA) is 61.2 Å². The van der Waals surface area contributed by atoms with Crippen LogP contribution in [0.1, 0.15) is 32.0 Å². The Morgan fingerprint density at radius 2 is 1.80 bits per heavy atom. The van der Waals surface area contributed by atoms with Gasteiger partial charge in [0.05, 0.1) is 10.6 Å². The molecular weight excluding hydrogens is 396 g/mol. The molecule has 2 aromatic carbocycles. The molecule has 2 heterocycles. The number of hydrogen-bond donors (Lipinski definition) is 0. The van der Waals surface area contributed by atoms with Gasteiger partial charge in [-0.2, -0.15) is 5.10 Å². The van der Waals surface area contributed by atoms with Crippen molar-refractivity contribution in [1.82, 2.24) is 9.78 Å². The Bertz CT molecular complexity index is 1190. The van der Waals surface area contributed by atoms with Gasteiger partial charge in [0.1, 0.15) is 5.69 Å². The number of benzene rings is 2. The highest BCUT2D eigenvalue weighted by molar-refractivity contribution is 7.13. The van der Waals surface area contributed by atoms with Gasteiger partial charge in [-0.15, -0.1) is 11.3 Å². The Labute approximate surface area is 178 Å². The van der Waals surface area contributed by atoms with Crippen LogP contribution in [-0.4, -0.2) is 28.1 Å². The van der Waals surface area contributed by atoms with Crippen LogP contribution in [0.5, 0.6) is 0 Å². The molecule has 0 saturated heterocycles. The number of ketones is 1. The van der Waals surface area contributed by atoms with Gasteiger partial charge in [0.2, 0.25) is 5.78 Å². The minimum absolute atomic E-state index is 0.231. The van der Waals surface area contributed by atoms with Crippen LogP contribution in [0.15, 0.2) is 72.1 Å². The summed E-state index contributed by atoms with van der Waals surface area (Å²) in [6, 6.07) is 20.5. The minimum Gasteiger partial charge on any atom is -0.453 e. The van der Waals surface area contributed by atoms with Gasteiger partial charge in [-0.25, -0.2) is 9.48 Å². The number of hydrogen-bond acceptors (Lipinski definition) is 5. The summed E-state index contributed by atoms with van der Waals surface area (Å²) in [6.45, 7) is 3.52. The molecule has 0 fully saturated rings. The van der Waals surface area contributed by atoms with Gasteiger partial charge >= 0.3 is 5.97 Å². The second-order valence-electron chi connectivity index (χ2n) is 6.96. The van der Waals surface area contributed by atoms with Crippen LogP contribution >= 0.6 is 11.3 Å². The first-order chi connectivity index (χ1) is 14.5. The lowest BCUT2D eigenvalue weighted by Gasteiger charge is -2.09. The van der Waals surface area contributed by atoms with Crippen molar-refractivity contribution in [3.63, 3.8) is 0 Å². The molecule has 0 amide bonds. The maximum atomic E-state index is 12.9. The first kappa shape index (κ1) is 19.8. The number of para-hydroxylation sites is 1. The molecule has 0 aliphatic rings. The number of carbonyl (C=O) groups is 2. The summed E-state index contributed by atoms with van der Waals surface area (Å²) in [7, 11) is 0. The van der Waals surface area contributed by atoms with Crippen LogP contribution in [0, 0.1) is 13.8 Å². The quantitative estimate of drug-likeness (QED) is 0.318. The zero-order chi connectivity index (χ0) is 21.1. The summed E-state index contributed by atoms with van der Waals surface area (Å²) in [6.07, 6.45) is 0. The summed E-state index contributed by atoms with van der Waals surface area (Å²) >= 11 is 1.54. The summed E-state index contributed by atoms with van der Waals surface area (Å²) in [5.74, 6) is -0.822. The average Bonchev–Trinajstić information content (AvgIpc) is 3.42. The molecule has 0 N–H and O–H groups in total. The van der Waals surface area contributed by atoms with Crippen LogP contribution in [0.25, 0.3) is 16.3 Å². The zero-order valence-electron chi connectivity index (χ0n) is 16.7. The van der Waals surface area contributed by atoms with Crippen molar-refractivity contribution >= 4 is 23.1 Å². The largest absolute Gasteiger partial charge is 0.453 e. The van der Waals surface area contributed by atoms with Crippen molar-refractivity contribution in [1.29, 1.82) is 0 Å². The van der Waals surface area contributed by atoms with Crippen molar-refractivity contribution in [3.8, 4) is 16.3 Å². The van der Waals surface area contributed by atoms with Crippen molar-refractivity contribution in [2.45, 2.75) is 13.8 Å². The van der Waals surface area contributed by atoms with E-state index in [1.165, 1.54) is 0 Å². The molecular formula is C24H20N2O3S. The summed E-state index contributed by atoms with van der Waals surface area (Å²) in [5.41, 5.74) is 4.20. The molecule has 4 rings (SSSR count). The van der Waals surface area contributed by atoms with E-state index in [9.17, 15) is 9.59 Å². The van der Waals surface area contributed by atoms with Gasteiger partial charge in [-0.1, -0.05) is 48.0 Å². The predicted octanol–water partition coefficient (Wildman–Crippen LogP) is 5.26. The fraction of sp³-hybridized carbons (Fsp3) is 0.125. The third kappa shape index (κ3) is 4.09. The normalized spacial score (nSPS) is 10.7. The average molecular weight is 417 g/mol. The Balaban J connectivity index is 1.59. The van der Waals surface area contributed by atoms with E-state index in [2.05, 4.69) is 5.10 Å². The number of carbonyl (C=O) groups excluding carboxylic acids is 2. The highest BCUT2D eigenvalue weighted by Crippen LogP contribution is 2.26. The Kier molecular flexibility index (Phi) is 5.59. The van der Waals surface area contributed by atoms with Gasteiger partial charge in [0.25, 0.3) is 0 Å². The van der Waals surface area contributed by atoms with Crippen molar-refractivity contribution < 1.29 is 14.3 Å². The van der Waals surface area contributed by atoms with Gasteiger partial charge in [-0.05, 0) is 43.0 Å². The molecule has 150 valence electrons. The highest BCUT2D eigenvalue weighted by atomic mass is 32.1. The van der Waals surface area contributed by atoms with Crippen molar-refractivity contribution in [2.75, 3.05) is 6.61 Å². The molecule has 5 nitrogen and oxygen atoms in total. The summed E-state index contributed by atoms with van der Waals surface area (Å²) < 4.78 is 6.93. The van der Waals surface area contributed by atoms with Gasteiger partial charge in [-0.3, -0.25) is 4.79 Å². The fourth-order valence-corrected chi connectivity index (χ4v) is 3.93. The molecule has 0 radical (unpaired) electrons. The van der Waals surface area contributed by atoms with Crippen molar-refractivity contribution in [3.05, 3.63) is 94.5 Å². The molecule has 0 aliphatic carbocycles. The minimum atomic E-state index is -0.590. The Hall–Kier alpha value is -3.51. The lowest BCUT2D eigenvalue weighted by Crippen LogP contribution is -2.17. The molecule has 30 heavy (non-hydrogen) atoms. The number of aryl methyl sites for hydroxylation is 2. The monoisotopic (exact) mass is 416 g/mol. The van der Waals surface area contributed by atoms with E-state index >= 15 is 0 Å². The smallest absolute Gasteiger partial charge is 0.357 e. The maximum absolute atomic E-state index is 12.9. The summed E-state index contributed by atoms with van der Waals surface area (Å²) in [4.78, 5) is 26.4. The van der Waals surface area contributed by atoms with Crippen LogP contribution in [-0.2, 0) is 4.74 Å². The number of aromatic nitrogens is 2. The number of thiophene rings is 1. The van der Waals surface area contributed by atoms with Crippen LogP contribution in [0.4, 0.5) is 0 Å². The van der Waals surface area contributed by atoms with E-state index in [-0.39, 0.29) is 18.1 Å². The van der Waals surface area contributed by atoms with E-state index in [0.29, 0.717) is 11.3 Å². The lowest BCUT2D eigenvalue weighted by atomic mass is 10.0. The fourth-order valence-electron chi connectivity index (χ4n) is 3.25. The summed E-state index contributed by atoms with van der Waals surface area (Å²) in [5, 5.41) is 6.55. The molecule has 0 bridgehead atoms. The van der Waals surface area contributed by atoms with E-state index < -0.39 is 5.97 Å². The number of ether oxygens (including phenoxy) is 1. The number of esters is 1. The number of rotatable bonds is 6. The maximum Gasteiger partial charge on any atom is 0.357 e. The zero-order valence-corrected chi connectivity index (χ0v) is 17.5. The van der Waals surface area contributed by atoms with Gasteiger partial charge in [0, 0.05) is 11.6 Å². The molecule has 6 heteroatoms. The molecule has 0 saturated carbocycles. The highest BCUT2D eigenvalue weighted by Gasteiger charge is 2.21. The Morgan fingerprint density at radius 3 is 2.50 bits per heavy atom. The van der Waals surface area contributed by atoms with Gasteiger partial charge < -0.3 is 4.74 Å². The molecule has 4 aromatic rings. The van der Waals surface area contributed by atoms with Gasteiger partial charge in [0.15, 0.2) is 12.3 Å². The third-order valence-corrected chi connectivity index (χ3v) is 5.60. The van der Waals surface area contributed by atoms with Crippen LogP contribution in [0.3, 0.4) is 0 Å². The number of Topliss-reactive ketones (excluding diaryl/α,β-unsaturated/α-hetero) is 1. The van der Waals surface area contributed by atoms with Crippen LogP contribution in [0.2, 0.25) is 0 Å². The van der Waals surface area contributed by atoms with E-state index in [1.807, 2.05) is 73.8 Å². The molecule has 0 aliphatic heterocycles. The Morgan fingerprint density at radius 1 is 1.00 bits per heavy atom. The molecule has 2 aromatic heterocycles. The molecule has 0 unspecified atom stereocenters. The first-order valence-corrected chi connectivity index (χ1v) is 10.4. The SMILES string of the molecule is Cc1ccc(C(=O)COC(=O)c2cc(-c3cccs3)nn2-c2ccccc2)c(C)c1. The van der Waals surface area contributed by atoms with E-state index in [1.54, 1.807) is 28.2 Å².